The summed E-state index contributed by atoms with van der Waals surface area (Å²) in [7, 11) is -1.16. The average Bonchev–Trinajstić information content (AvgIpc) is 2.36. The number of nitrogens with one attached hydrogen (secondary N) is 1. The van der Waals surface area contributed by atoms with Gasteiger partial charge in [-0.15, -0.1) is 0 Å². The number of aromatic nitrogens is 3. The number of hydrogen-bond donors (Lipinski definition) is 1. The molecular weight excluding hydrogens is 274 g/mol. The molecule has 0 spiro atoms. The van der Waals surface area contributed by atoms with Crippen molar-refractivity contribution in [2.45, 2.75) is 32.4 Å². The first kappa shape index (κ1) is 14.7. The number of fused-ring (bicyclic) bond motifs is 1. The van der Waals surface area contributed by atoms with E-state index >= 15 is 0 Å². The van der Waals surface area contributed by atoms with Gasteiger partial charge >= 0.3 is 5.69 Å². The van der Waals surface area contributed by atoms with E-state index in [1.54, 1.807) is 18.3 Å². The molecule has 2 aromatic rings. The Morgan fingerprint density at radius 2 is 2.10 bits per heavy atom. The molecular formula is C13H19N3O3Si. The van der Waals surface area contributed by atoms with Crippen molar-refractivity contribution in [3.05, 3.63) is 39.2 Å². The lowest BCUT2D eigenvalue weighted by molar-refractivity contribution is 0.0865. The van der Waals surface area contributed by atoms with Gasteiger partial charge in [0.05, 0.1) is 5.39 Å². The van der Waals surface area contributed by atoms with E-state index < -0.39 is 19.3 Å². The maximum atomic E-state index is 11.8. The molecule has 0 fully saturated rings. The van der Waals surface area contributed by atoms with E-state index in [1.807, 2.05) is 0 Å². The highest BCUT2D eigenvalue weighted by Gasteiger charge is 2.13. The summed E-state index contributed by atoms with van der Waals surface area (Å²) in [6.07, 6.45) is 1.56. The minimum absolute atomic E-state index is 0.105. The van der Waals surface area contributed by atoms with Gasteiger partial charge in [-0.3, -0.25) is 14.3 Å². The van der Waals surface area contributed by atoms with Crippen molar-refractivity contribution < 1.29 is 4.74 Å². The third-order valence-electron chi connectivity index (χ3n) is 2.97. The van der Waals surface area contributed by atoms with Crippen LogP contribution in [-0.4, -0.2) is 29.2 Å². The van der Waals surface area contributed by atoms with E-state index in [0.717, 1.165) is 6.04 Å². The molecule has 0 aliphatic rings. The first-order valence-corrected chi connectivity index (χ1v) is 10.2. The van der Waals surface area contributed by atoms with Crippen LogP contribution < -0.4 is 11.2 Å². The topological polar surface area (TPSA) is 77.0 Å². The maximum absolute atomic E-state index is 11.8. The summed E-state index contributed by atoms with van der Waals surface area (Å²) in [5.74, 6) is 0. The van der Waals surface area contributed by atoms with Gasteiger partial charge in [-0.1, -0.05) is 19.6 Å². The fourth-order valence-corrected chi connectivity index (χ4v) is 2.53. The van der Waals surface area contributed by atoms with Crippen molar-refractivity contribution in [2.75, 3.05) is 6.61 Å². The molecule has 2 aromatic heterocycles. The van der Waals surface area contributed by atoms with E-state index in [1.165, 1.54) is 4.57 Å². The second kappa shape index (κ2) is 5.72. The second-order valence-electron chi connectivity index (χ2n) is 5.91. The van der Waals surface area contributed by atoms with Gasteiger partial charge in [0.15, 0.2) is 5.65 Å². The first-order chi connectivity index (χ1) is 9.38. The number of ether oxygens (including phenoxy) is 1. The lowest BCUT2D eigenvalue weighted by atomic mass is 10.3. The van der Waals surface area contributed by atoms with Crippen LogP contribution in [0, 0.1) is 0 Å². The van der Waals surface area contributed by atoms with Gasteiger partial charge < -0.3 is 4.74 Å². The van der Waals surface area contributed by atoms with Gasteiger partial charge in [-0.25, -0.2) is 9.78 Å². The Labute approximate surface area is 117 Å². The number of aromatic amines is 1. The molecule has 108 valence electrons. The van der Waals surface area contributed by atoms with Crippen molar-refractivity contribution >= 4 is 19.1 Å². The zero-order valence-corrected chi connectivity index (χ0v) is 13.0. The molecule has 0 amide bonds. The molecule has 0 bridgehead atoms. The highest BCUT2D eigenvalue weighted by atomic mass is 28.3. The van der Waals surface area contributed by atoms with Gasteiger partial charge in [0.2, 0.25) is 0 Å². The molecule has 6 nitrogen and oxygen atoms in total. The minimum atomic E-state index is -1.16. The lowest BCUT2D eigenvalue weighted by Gasteiger charge is -2.16. The molecule has 0 aliphatic carbocycles. The summed E-state index contributed by atoms with van der Waals surface area (Å²) in [4.78, 5) is 29.9. The number of nitrogens with zero attached hydrogens (tertiary/aromatic N) is 2. The van der Waals surface area contributed by atoms with Crippen molar-refractivity contribution in [2.24, 2.45) is 0 Å². The number of pyridine rings is 1. The Kier molecular flexibility index (Phi) is 4.19. The Hall–Kier alpha value is -1.73. The largest absolute Gasteiger partial charge is 0.361 e. The Morgan fingerprint density at radius 1 is 1.35 bits per heavy atom. The van der Waals surface area contributed by atoms with Gasteiger partial charge in [-0.05, 0) is 18.2 Å². The van der Waals surface area contributed by atoms with Gasteiger partial charge in [0, 0.05) is 20.9 Å². The van der Waals surface area contributed by atoms with Crippen LogP contribution in [0.2, 0.25) is 25.7 Å². The van der Waals surface area contributed by atoms with Crippen LogP contribution in [-0.2, 0) is 11.5 Å². The predicted octanol–water partition coefficient (Wildman–Crippen LogP) is 1.40. The lowest BCUT2D eigenvalue weighted by Crippen LogP contribution is -2.32. The quantitative estimate of drug-likeness (QED) is 0.667. The fraction of sp³-hybridized carbons (Fsp3) is 0.462. The van der Waals surface area contributed by atoms with E-state index in [-0.39, 0.29) is 6.73 Å². The molecule has 0 saturated carbocycles. The van der Waals surface area contributed by atoms with Gasteiger partial charge in [0.1, 0.15) is 6.73 Å². The minimum Gasteiger partial charge on any atom is -0.361 e. The van der Waals surface area contributed by atoms with Crippen LogP contribution in [0.4, 0.5) is 0 Å². The molecule has 0 unspecified atom stereocenters. The van der Waals surface area contributed by atoms with E-state index in [2.05, 4.69) is 29.6 Å². The molecule has 0 atom stereocenters. The van der Waals surface area contributed by atoms with Gasteiger partial charge in [0.25, 0.3) is 5.56 Å². The van der Waals surface area contributed by atoms with Crippen LogP contribution in [0.25, 0.3) is 11.0 Å². The number of hydrogen-bond acceptors (Lipinski definition) is 4. The number of H-pyrrole nitrogens is 1. The second-order valence-corrected chi connectivity index (χ2v) is 11.5. The van der Waals surface area contributed by atoms with E-state index in [4.69, 9.17) is 4.74 Å². The third kappa shape index (κ3) is 3.43. The standard InChI is InChI=1S/C13H19N3O3Si/c1-20(2,3)8-7-19-9-16-11-10(5-4-6-14-11)12(17)15-13(16)18/h4-6H,7-9H2,1-3H3,(H,15,17,18). The molecule has 2 rings (SSSR count). The third-order valence-corrected chi connectivity index (χ3v) is 4.67. The van der Waals surface area contributed by atoms with Gasteiger partial charge in [-0.2, -0.15) is 0 Å². The summed E-state index contributed by atoms with van der Waals surface area (Å²) < 4.78 is 6.91. The molecule has 2 heterocycles. The monoisotopic (exact) mass is 293 g/mol. The molecule has 7 heteroatoms. The summed E-state index contributed by atoms with van der Waals surface area (Å²) in [5.41, 5.74) is -0.556. The predicted molar refractivity (Wildman–Crippen MR) is 80.7 cm³/mol. The maximum Gasteiger partial charge on any atom is 0.331 e. The molecule has 20 heavy (non-hydrogen) atoms. The molecule has 0 aromatic carbocycles. The SMILES string of the molecule is C[Si](C)(C)CCOCn1c(=O)[nH]c(=O)c2cccnc21. The van der Waals surface area contributed by atoms with Crippen molar-refractivity contribution in [3.63, 3.8) is 0 Å². The smallest absolute Gasteiger partial charge is 0.331 e. The Balaban J connectivity index is 2.22. The Morgan fingerprint density at radius 3 is 2.80 bits per heavy atom. The van der Waals surface area contributed by atoms with E-state index in [9.17, 15) is 9.59 Å². The van der Waals surface area contributed by atoms with Crippen LogP contribution in [0.3, 0.4) is 0 Å². The van der Waals surface area contributed by atoms with Crippen molar-refractivity contribution in [3.8, 4) is 0 Å². The van der Waals surface area contributed by atoms with Crippen LogP contribution >= 0.6 is 0 Å². The zero-order chi connectivity index (χ0) is 14.8. The highest BCUT2D eigenvalue weighted by molar-refractivity contribution is 6.76. The zero-order valence-electron chi connectivity index (χ0n) is 12.0. The van der Waals surface area contributed by atoms with Crippen molar-refractivity contribution in [1.82, 2.24) is 14.5 Å². The molecule has 0 saturated heterocycles. The summed E-state index contributed by atoms with van der Waals surface area (Å²) in [6.45, 7) is 7.50. The summed E-state index contributed by atoms with van der Waals surface area (Å²) >= 11 is 0. The summed E-state index contributed by atoms with van der Waals surface area (Å²) in [5, 5.41) is 0.390. The molecule has 1 N–H and O–H groups in total. The van der Waals surface area contributed by atoms with Crippen LogP contribution in [0.1, 0.15) is 0 Å². The molecule has 0 aliphatic heterocycles. The summed E-state index contributed by atoms with van der Waals surface area (Å²) in [6, 6.07) is 4.33. The van der Waals surface area contributed by atoms with E-state index in [0.29, 0.717) is 17.6 Å². The molecule has 0 radical (unpaired) electrons. The van der Waals surface area contributed by atoms with Crippen LogP contribution in [0.15, 0.2) is 27.9 Å². The van der Waals surface area contributed by atoms with Crippen LogP contribution in [0.5, 0.6) is 0 Å². The fourth-order valence-electron chi connectivity index (χ4n) is 1.77. The highest BCUT2D eigenvalue weighted by Crippen LogP contribution is 2.08. The normalized spacial score (nSPS) is 11.9. The van der Waals surface area contributed by atoms with Crippen molar-refractivity contribution in [1.29, 1.82) is 0 Å². The Bertz CT molecular complexity index is 715. The number of rotatable bonds is 5. The first-order valence-electron chi connectivity index (χ1n) is 6.54. The average molecular weight is 293 g/mol.